The molecule has 0 aromatic heterocycles. The van der Waals surface area contributed by atoms with E-state index in [-0.39, 0.29) is 12.7 Å². The van der Waals surface area contributed by atoms with Crippen LogP contribution in [0.1, 0.15) is 90.9 Å². The summed E-state index contributed by atoms with van der Waals surface area (Å²) in [6.07, 6.45) is 16.1. The van der Waals surface area contributed by atoms with Gasteiger partial charge in [0.1, 0.15) is 6.29 Å². The molecular weight excluding hydrogens is 332 g/mol. The molecule has 0 aromatic carbocycles. The van der Waals surface area contributed by atoms with E-state index in [9.17, 15) is 9.90 Å². The van der Waals surface area contributed by atoms with E-state index in [0.717, 1.165) is 18.5 Å². The first-order chi connectivity index (χ1) is 12.2. The van der Waals surface area contributed by atoms with E-state index in [4.69, 9.17) is 4.74 Å². The number of aliphatic hydroxyl groups is 1. The Kier molecular flexibility index (Phi) is 18.7. The Balaban J connectivity index is 3.97. The van der Waals surface area contributed by atoms with E-state index >= 15 is 0 Å². The first-order valence-corrected chi connectivity index (χ1v) is 11.5. The lowest BCUT2D eigenvalue weighted by atomic mass is 9.93. The second kappa shape index (κ2) is 18.7. The van der Waals surface area contributed by atoms with Crippen LogP contribution >= 0.6 is 11.8 Å². The van der Waals surface area contributed by atoms with Crippen molar-refractivity contribution in [3.8, 4) is 0 Å². The second-order valence-corrected chi connectivity index (χ2v) is 8.37. The highest BCUT2D eigenvalue weighted by Crippen LogP contribution is 2.30. The molecule has 3 atom stereocenters. The summed E-state index contributed by atoms with van der Waals surface area (Å²) in [6, 6.07) is 0. The molecule has 0 heterocycles. The van der Waals surface area contributed by atoms with Crippen molar-refractivity contribution in [2.75, 3.05) is 19.5 Å². The number of unbranched alkanes of at least 4 members (excludes halogenated alkanes) is 8. The molecule has 150 valence electrons. The molecule has 0 saturated heterocycles. The van der Waals surface area contributed by atoms with Crippen LogP contribution in [0.4, 0.5) is 0 Å². The fourth-order valence-corrected chi connectivity index (χ4v) is 4.81. The van der Waals surface area contributed by atoms with Crippen LogP contribution in [0.3, 0.4) is 0 Å². The highest BCUT2D eigenvalue weighted by atomic mass is 32.2. The molecule has 4 heteroatoms. The number of rotatable bonds is 19. The van der Waals surface area contributed by atoms with Crippen molar-refractivity contribution >= 4 is 18.0 Å². The van der Waals surface area contributed by atoms with Gasteiger partial charge in [-0.05, 0) is 12.3 Å². The Morgan fingerprint density at radius 1 is 1.00 bits per heavy atom. The van der Waals surface area contributed by atoms with E-state index in [1.54, 1.807) is 18.9 Å². The number of thioether (sulfide) groups is 1. The first-order valence-electron chi connectivity index (χ1n) is 10.4. The molecule has 25 heavy (non-hydrogen) atoms. The molecule has 0 fully saturated rings. The predicted octanol–water partition coefficient (Wildman–Crippen LogP) is 5.63. The van der Waals surface area contributed by atoms with Crippen LogP contribution in [0.15, 0.2) is 0 Å². The van der Waals surface area contributed by atoms with Crippen molar-refractivity contribution in [2.45, 2.75) is 102 Å². The number of hydrogen-bond donors (Lipinski definition) is 1. The minimum absolute atomic E-state index is 0.0480. The lowest BCUT2D eigenvalue weighted by Gasteiger charge is -2.25. The summed E-state index contributed by atoms with van der Waals surface area (Å²) < 4.78 is 5.24. The van der Waals surface area contributed by atoms with E-state index in [0.29, 0.717) is 17.6 Å². The summed E-state index contributed by atoms with van der Waals surface area (Å²) in [6.45, 7) is 4.54. The molecule has 0 spiro atoms. The van der Waals surface area contributed by atoms with E-state index in [1.165, 1.54) is 64.2 Å². The maximum Gasteiger partial charge on any atom is 0.121 e. The Morgan fingerprint density at radius 3 is 2.08 bits per heavy atom. The zero-order chi connectivity index (χ0) is 18.8. The van der Waals surface area contributed by atoms with Crippen LogP contribution < -0.4 is 0 Å². The molecule has 3 nitrogen and oxygen atoms in total. The molecular formula is C21H42O3S. The van der Waals surface area contributed by atoms with Crippen LogP contribution in [0.5, 0.6) is 0 Å². The summed E-state index contributed by atoms with van der Waals surface area (Å²) >= 11 is 1.80. The summed E-state index contributed by atoms with van der Waals surface area (Å²) in [7, 11) is 1.63. The number of aldehydes is 1. The average Bonchev–Trinajstić information content (AvgIpc) is 2.63. The van der Waals surface area contributed by atoms with Gasteiger partial charge < -0.3 is 14.6 Å². The third-order valence-corrected chi connectivity index (χ3v) is 6.66. The van der Waals surface area contributed by atoms with Gasteiger partial charge in [0, 0.05) is 24.5 Å². The lowest BCUT2D eigenvalue weighted by Crippen LogP contribution is -2.24. The fraction of sp³-hybridized carbons (Fsp3) is 0.952. The Hall–Kier alpha value is -0.0600. The topological polar surface area (TPSA) is 46.5 Å². The summed E-state index contributed by atoms with van der Waals surface area (Å²) in [5.41, 5.74) is 0. The van der Waals surface area contributed by atoms with Gasteiger partial charge in [0.2, 0.25) is 0 Å². The Bertz CT molecular complexity index is 282. The largest absolute Gasteiger partial charge is 0.394 e. The molecule has 0 radical (unpaired) electrons. The summed E-state index contributed by atoms with van der Waals surface area (Å²) in [4.78, 5) is 11.0. The third kappa shape index (κ3) is 13.8. The predicted molar refractivity (Wildman–Crippen MR) is 110 cm³/mol. The van der Waals surface area contributed by atoms with Crippen LogP contribution in [0.25, 0.3) is 0 Å². The Morgan fingerprint density at radius 2 is 1.60 bits per heavy atom. The van der Waals surface area contributed by atoms with Gasteiger partial charge in [-0.2, -0.15) is 11.8 Å². The molecule has 0 saturated carbocycles. The number of hydrogen-bond acceptors (Lipinski definition) is 4. The smallest absolute Gasteiger partial charge is 0.121 e. The van der Waals surface area contributed by atoms with E-state index in [1.807, 2.05) is 0 Å². The molecule has 3 unspecified atom stereocenters. The fourth-order valence-electron chi connectivity index (χ4n) is 3.29. The molecule has 1 N–H and O–H groups in total. The SMILES string of the molecule is CCCCCCCCCCCC(CC)C(CC=O)SCC(CO)OC. The van der Waals surface area contributed by atoms with E-state index < -0.39 is 0 Å². The van der Waals surface area contributed by atoms with Gasteiger partial charge in [-0.25, -0.2) is 0 Å². The second-order valence-electron chi connectivity index (χ2n) is 7.10. The van der Waals surface area contributed by atoms with Gasteiger partial charge >= 0.3 is 0 Å². The number of methoxy groups -OCH3 is 1. The molecule has 0 aliphatic rings. The number of carbonyl (C=O) groups is 1. The molecule has 0 bridgehead atoms. The van der Waals surface area contributed by atoms with Crippen molar-refractivity contribution in [3.63, 3.8) is 0 Å². The van der Waals surface area contributed by atoms with Crippen LogP contribution in [-0.2, 0) is 9.53 Å². The van der Waals surface area contributed by atoms with Crippen molar-refractivity contribution in [1.29, 1.82) is 0 Å². The molecule has 0 aliphatic carbocycles. The number of ether oxygens (including phenoxy) is 1. The highest BCUT2D eigenvalue weighted by Gasteiger charge is 2.21. The molecule has 0 amide bonds. The zero-order valence-electron chi connectivity index (χ0n) is 16.9. The van der Waals surface area contributed by atoms with Crippen LogP contribution in [0.2, 0.25) is 0 Å². The third-order valence-electron chi connectivity index (χ3n) is 5.09. The minimum atomic E-state index is -0.121. The van der Waals surface area contributed by atoms with Gasteiger partial charge in [0.05, 0.1) is 12.7 Å². The highest BCUT2D eigenvalue weighted by molar-refractivity contribution is 8.00. The normalized spacial score (nSPS) is 15.0. The quantitative estimate of drug-likeness (QED) is 0.235. The maximum absolute atomic E-state index is 11.0. The zero-order valence-corrected chi connectivity index (χ0v) is 17.7. The lowest BCUT2D eigenvalue weighted by molar-refractivity contribution is -0.108. The van der Waals surface area contributed by atoms with Crippen molar-refractivity contribution in [1.82, 2.24) is 0 Å². The van der Waals surface area contributed by atoms with Crippen molar-refractivity contribution < 1.29 is 14.6 Å². The molecule has 0 aliphatic heterocycles. The van der Waals surface area contributed by atoms with Gasteiger partial charge in [-0.3, -0.25) is 0 Å². The maximum atomic E-state index is 11.0. The minimum Gasteiger partial charge on any atom is -0.394 e. The van der Waals surface area contributed by atoms with Crippen LogP contribution in [-0.4, -0.2) is 42.2 Å². The van der Waals surface area contributed by atoms with Crippen LogP contribution in [0, 0.1) is 5.92 Å². The summed E-state index contributed by atoms with van der Waals surface area (Å²) in [5.74, 6) is 1.36. The Labute approximate surface area is 160 Å². The average molecular weight is 375 g/mol. The first kappa shape index (κ1) is 24.9. The van der Waals surface area contributed by atoms with Crippen molar-refractivity contribution in [3.05, 3.63) is 0 Å². The van der Waals surface area contributed by atoms with Gasteiger partial charge in [-0.15, -0.1) is 0 Å². The molecule has 0 rings (SSSR count). The molecule has 0 aromatic rings. The van der Waals surface area contributed by atoms with Gasteiger partial charge in [0.25, 0.3) is 0 Å². The van der Waals surface area contributed by atoms with Crippen molar-refractivity contribution in [2.24, 2.45) is 5.92 Å². The monoisotopic (exact) mass is 374 g/mol. The number of aliphatic hydroxyl groups excluding tert-OH is 1. The van der Waals surface area contributed by atoms with Gasteiger partial charge in [0.15, 0.2) is 0 Å². The standard InChI is InChI=1S/C21H42O3S/c1-4-6-7-8-9-10-11-12-13-14-19(5-2)21(15-16-22)25-18-20(17-23)24-3/h16,19-21,23H,4-15,17-18H2,1-3H3. The van der Waals surface area contributed by atoms with Gasteiger partial charge in [-0.1, -0.05) is 78.1 Å². The van der Waals surface area contributed by atoms with E-state index in [2.05, 4.69) is 13.8 Å². The number of carbonyl (C=O) groups excluding carboxylic acids is 1. The summed E-state index contributed by atoms with van der Waals surface area (Å²) in [5, 5.41) is 9.61.